The highest BCUT2D eigenvalue weighted by Crippen LogP contribution is 2.18. The molecule has 0 saturated carbocycles. The summed E-state index contributed by atoms with van der Waals surface area (Å²) in [5.41, 5.74) is 1.46. The second-order valence-corrected chi connectivity index (χ2v) is 7.21. The molecule has 0 fully saturated rings. The van der Waals surface area contributed by atoms with Gasteiger partial charge in [0.1, 0.15) is 0 Å². The van der Waals surface area contributed by atoms with Crippen LogP contribution in [0.5, 0.6) is 0 Å². The number of aryl methyl sites for hydroxylation is 2. The number of aromatic amines is 1. The number of H-pyrrole nitrogens is 1. The number of nitrogens with one attached hydrogen (secondary N) is 2. The van der Waals surface area contributed by atoms with Crippen molar-refractivity contribution in [3.63, 3.8) is 0 Å². The standard InChI is InChI=1S/C15H20N4O2S2/c1-4-6-11-10(5-2)13(21)19-15(17-11)22-8-12(20)18-14-16-7-9(3)23-14/h7H,4-6,8H2,1-3H3,(H,16,18,20)(H,17,19,21). The number of amides is 1. The lowest BCUT2D eigenvalue weighted by Crippen LogP contribution is -2.19. The van der Waals surface area contributed by atoms with Gasteiger partial charge in [0.15, 0.2) is 10.3 Å². The van der Waals surface area contributed by atoms with Crippen molar-refractivity contribution in [2.24, 2.45) is 0 Å². The quantitative estimate of drug-likeness (QED) is 0.591. The summed E-state index contributed by atoms with van der Waals surface area (Å²) in [6.07, 6.45) is 4.07. The predicted molar refractivity (Wildman–Crippen MR) is 94.4 cm³/mol. The summed E-state index contributed by atoms with van der Waals surface area (Å²) in [5, 5.41) is 3.81. The Balaban J connectivity index is 2.02. The number of hydrogen-bond acceptors (Lipinski definition) is 6. The minimum atomic E-state index is -0.163. The van der Waals surface area contributed by atoms with E-state index in [4.69, 9.17) is 0 Å². The highest BCUT2D eigenvalue weighted by atomic mass is 32.2. The summed E-state index contributed by atoms with van der Waals surface area (Å²) in [7, 11) is 0. The molecule has 0 aromatic carbocycles. The first kappa shape index (κ1) is 17.7. The molecule has 0 bridgehead atoms. The van der Waals surface area contributed by atoms with Gasteiger partial charge in [0.05, 0.1) is 11.4 Å². The van der Waals surface area contributed by atoms with E-state index < -0.39 is 0 Å². The highest BCUT2D eigenvalue weighted by molar-refractivity contribution is 7.99. The van der Waals surface area contributed by atoms with Crippen LogP contribution in [0.1, 0.15) is 36.4 Å². The molecular weight excluding hydrogens is 332 g/mol. The Bertz CT molecular complexity index is 739. The molecule has 2 aromatic rings. The predicted octanol–water partition coefficient (Wildman–Crippen LogP) is 2.78. The van der Waals surface area contributed by atoms with Gasteiger partial charge >= 0.3 is 0 Å². The maximum atomic E-state index is 12.1. The first-order chi connectivity index (χ1) is 11.0. The van der Waals surface area contributed by atoms with Gasteiger partial charge in [0.2, 0.25) is 5.91 Å². The van der Waals surface area contributed by atoms with E-state index in [-0.39, 0.29) is 17.2 Å². The van der Waals surface area contributed by atoms with E-state index in [1.165, 1.54) is 23.1 Å². The summed E-state index contributed by atoms with van der Waals surface area (Å²) in [4.78, 5) is 36.4. The van der Waals surface area contributed by atoms with Gasteiger partial charge in [0.25, 0.3) is 5.56 Å². The Morgan fingerprint density at radius 1 is 1.43 bits per heavy atom. The zero-order valence-electron chi connectivity index (χ0n) is 13.4. The van der Waals surface area contributed by atoms with Crippen molar-refractivity contribution >= 4 is 34.1 Å². The molecule has 0 unspecified atom stereocenters. The summed E-state index contributed by atoms with van der Waals surface area (Å²) >= 11 is 2.65. The molecular formula is C15H20N4O2S2. The zero-order valence-corrected chi connectivity index (χ0v) is 15.1. The Morgan fingerprint density at radius 3 is 2.83 bits per heavy atom. The molecule has 2 N–H and O–H groups in total. The van der Waals surface area contributed by atoms with E-state index in [1.54, 1.807) is 6.20 Å². The first-order valence-corrected chi connectivity index (χ1v) is 9.30. The van der Waals surface area contributed by atoms with Crippen molar-refractivity contribution in [1.29, 1.82) is 0 Å². The van der Waals surface area contributed by atoms with Crippen LogP contribution in [0.3, 0.4) is 0 Å². The van der Waals surface area contributed by atoms with Crippen molar-refractivity contribution in [1.82, 2.24) is 15.0 Å². The van der Waals surface area contributed by atoms with Gasteiger partial charge in [-0.1, -0.05) is 32.0 Å². The van der Waals surface area contributed by atoms with Crippen LogP contribution in [0.25, 0.3) is 0 Å². The second kappa shape index (κ2) is 8.26. The van der Waals surface area contributed by atoms with Gasteiger partial charge in [-0.15, -0.1) is 11.3 Å². The fraction of sp³-hybridized carbons (Fsp3) is 0.467. The van der Waals surface area contributed by atoms with Crippen LogP contribution < -0.4 is 10.9 Å². The Kier molecular flexibility index (Phi) is 6.35. The van der Waals surface area contributed by atoms with Gasteiger partial charge in [0, 0.05) is 16.6 Å². The number of anilines is 1. The molecule has 2 rings (SSSR count). The van der Waals surface area contributed by atoms with Crippen molar-refractivity contribution < 1.29 is 4.79 Å². The number of rotatable bonds is 7. The first-order valence-electron chi connectivity index (χ1n) is 7.50. The van der Waals surface area contributed by atoms with E-state index in [1.807, 2.05) is 13.8 Å². The van der Waals surface area contributed by atoms with Gasteiger partial charge < -0.3 is 10.3 Å². The van der Waals surface area contributed by atoms with Crippen LogP contribution in [0.2, 0.25) is 0 Å². The number of aromatic nitrogens is 3. The molecule has 0 aliphatic rings. The van der Waals surface area contributed by atoms with Crippen molar-refractivity contribution in [2.45, 2.75) is 45.2 Å². The second-order valence-electron chi connectivity index (χ2n) is 5.01. The monoisotopic (exact) mass is 352 g/mol. The lowest BCUT2D eigenvalue weighted by atomic mass is 10.1. The molecule has 0 aliphatic carbocycles. The number of carbonyl (C=O) groups excluding carboxylic acids is 1. The third kappa shape index (κ3) is 4.90. The summed E-state index contributed by atoms with van der Waals surface area (Å²) in [6, 6.07) is 0. The van der Waals surface area contributed by atoms with Crippen molar-refractivity contribution in [3.8, 4) is 0 Å². The zero-order chi connectivity index (χ0) is 16.8. The van der Waals surface area contributed by atoms with E-state index >= 15 is 0 Å². The fourth-order valence-electron chi connectivity index (χ4n) is 2.10. The van der Waals surface area contributed by atoms with Crippen molar-refractivity contribution in [2.75, 3.05) is 11.1 Å². The SMILES string of the molecule is CCCc1nc(SCC(=O)Nc2ncc(C)s2)[nH]c(=O)c1CC. The third-order valence-corrected chi connectivity index (χ3v) is 4.83. The molecule has 0 saturated heterocycles. The Labute approximate surface area is 143 Å². The Morgan fingerprint density at radius 2 is 2.22 bits per heavy atom. The largest absolute Gasteiger partial charge is 0.301 e. The van der Waals surface area contributed by atoms with Gasteiger partial charge in [-0.05, 0) is 19.8 Å². The van der Waals surface area contributed by atoms with E-state index in [2.05, 4.69) is 27.2 Å². The lowest BCUT2D eigenvalue weighted by Gasteiger charge is -2.08. The average Bonchev–Trinajstić information content (AvgIpc) is 2.90. The molecule has 8 heteroatoms. The third-order valence-electron chi connectivity index (χ3n) is 3.13. The number of nitrogens with zero attached hydrogens (tertiary/aromatic N) is 2. The van der Waals surface area contributed by atoms with Crippen LogP contribution in [-0.4, -0.2) is 26.6 Å². The van der Waals surface area contributed by atoms with Crippen LogP contribution in [0, 0.1) is 6.92 Å². The molecule has 0 radical (unpaired) electrons. The normalized spacial score (nSPS) is 10.7. The summed E-state index contributed by atoms with van der Waals surface area (Å²) < 4.78 is 0. The molecule has 0 aliphatic heterocycles. The minimum absolute atomic E-state index is 0.107. The van der Waals surface area contributed by atoms with Crippen LogP contribution >= 0.6 is 23.1 Å². The van der Waals surface area contributed by atoms with Crippen molar-refractivity contribution in [3.05, 3.63) is 32.7 Å². The summed E-state index contributed by atoms with van der Waals surface area (Å²) in [6.45, 7) is 5.93. The molecule has 2 heterocycles. The van der Waals surface area contributed by atoms with Gasteiger partial charge in [-0.3, -0.25) is 9.59 Å². The topological polar surface area (TPSA) is 87.7 Å². The molecule has 0 atom stereocenters. The van der Waals surface area contributed by atoms with Crippen LogP contribution in [-0.2, 0) is 17.6 Å². The Hall–Kier alpha value is -1.67. The molecule has 23 heavy (non-hydrogen) atoms. The summed E-state index contributed by atoms with van der Waals surface area (Å²) in [5.74, 6) is 0.0158. The maximum Gasteiger partial charge on any atom is 0.254 e. The number of thioether (sulfide) groups is 1. The number of carbonyl (C=O) groups is 1. The molecule has 1 amide bonds. The molecule has 2 aromatic heterocycles. The highest BCUT2D eigenvalue weighted by Gasteiger charge is 2.12. The van der Waals surface area contributed by atoms with E-state index in [0.717, 1.165) is 29.0 Å². The smallest absolute Gasteiger partial charge is 0.254 e. The molecule has 0 spiro atoms. The van der Waals surface area contributed by atoms with Crippen LogP contribution in [0.15, 0.2) is 16.1 Å². The van der Waals surface area contributed by atoms with E-state index in [0.29, 0.717) is 16.7 Å². The number of hydrogen-bond donors (Lipinski definition) is 2. The average molecular weight is 352 g/mol. The molecule has 124 valence electrons. The van der Waals surface area contributed by atoms with E-state index in [9.17, 15) is 9.59 Å². The van der Waals surface area contributed by atoms with Gasteiger partial charge in [-0.2, -0.15) is 0 Å². The number of thiazole rings is 1. The maximum absolute atomic E-state index is 12.1. The fourth-order valence-corrected chi connectivity index (χ4v) is 3.46. The lowest BCUT2D eigenvalue weighted by molar-refractivity contribution is -0.113. The minimum Gasteiger partial charge on any atom is -0.301 e. The van der Waals surface area contributed by atoms with Crippen LogP contribution in [0.4, 0.5) is 5.13 Å². The van der Waals surface area contributed by atoms with Gasteiger partial charge in [-0.25, -0.2) is 9.97 Å². The molecule has 6 nitrogen and oxygen atoms in total.